The van der Waals surface area contributed by atoms with Gasteiger partial charge in [0.2, 0.25) is 5.95 Å². The molecule has 3 rings (SSSR count). The van der Waals surface area contributed by atoms with Crippen LogP contribution >= 0.6 is 0 Å². The molecule has 2 aromatic carbocycles. The number of aryl methyl sites for hydroxylation is 3. The molecule has 5 nitrogen and oxygen atoms in total. The highest BCUT2D eigenvalue weighted by Crippen LogP contribution is 2.22. The summed E-state index contributed by atoms with van der Waals surface area (Å²) in [6, 6.07) is 14.6. The van der Waals surface area contributed by atoms with Crippen LogP contribution in [0.15, 0.2) is 48.7 Å². The third-order valence-corrected chi connectivity index (χ3v) is 3.87. The van der Waals surface area contributed by atoms with Crippen LogP contribution in [-0.4, -0.2) is 15.2 Å². The summed E-state index contributed by atoms with van der Waals surface area (Å²) in [5.41, 5.74) is 5.77. The van der Waals surface area contributed by atoms with E-state index in [1.807, 2.05) is 6.07 Å². The largest absolute Gasteiger partial charge is 0.365 e. The van der Waals surface area contributed by atoms with Crippen LogP contribution in [0.2, 0.25) is 0 Å². The van der Waals surface area contributed by atoms with Gasteiger partial charge in [0, 0.05) is 12.2 Å². The summed E-state index contributed by atoms with van der Waals surface area (Å²) in [4.78, 5) is 4.49. The van der Waals surface area contributed by atoms with Gasteiger partial charge >= 0.3 is 0 Å². The van der Waals surface area contributed by atoms with Gasteiger partial charge in [-0.2, -0.15) is 10.1 Å². The highest BCUT2D eigenvalue weighted by Gasteiger charge is 2.06. The number of benzene rings is 2. The molecule has 0 aliphatic carbocycles. The first-order valence-corrected chi connectivity index (χ1v) is 7.94. The third kappa shape index (κ3) is 3.87. The molecule has 3 aromatic rings. The maximum Gasteiger partial charge on any atom is 0.249 e. The van der Waals surface area contributed by atoms with Crippen LogP contribution in [0.4, 0.5) is 17.5 Å². The van der Waals surface area contributed by atoms with Gasteiger partial charge in [0.15, 0.2) is 5.82 Å². The molecular weight excluding hydrogens is 298 g/mol. The van der Waals surface area contributed by atoms with Crippen molar-refractivity contribution >= 4 is 17.5 Å². The van der Waals surface area contributed by atoms with Crippen molar-refractivity contribution in [3.63, 3.8) is 0 Å². The quantitative estimate of drug-likeness (QED) is 0.739. The zero-order valence-electron chi connectivity index (χ0n) is 14.2. The highest BCUT2D eigenvalue weighted by atomic mass is 15.3. The molecule has 0 saturated heterocycles. The van der Waals surface area contributed by atoms with E-state index in [1.165, 1.54) is 11.1 Å². The fraction of sp³-hybridized carbons (Fsp3) is 0.211. The van der Waals surface area contributed by atoms with Gasteiger partial charge in [0.1, 0.15) is 0 Å². The van der Waals surface area contributed by atoms with Crippen molar-refractivity contribution < 1.29 is 0 Å². The average Bonchev–Trinajstić information content (AvgIpc) is 2.58. The second-order valence-electron chi connectivity index (χ2n) is 5.90. The summed E-state index contributed by atoms with van der Waals surface area (Å²) in [5, 5.41) is 14.6. The topological polar surface area (TPSA) is 62.7 Å². The van der Waals surface area contributed by atoms with Crippen molar-refractivity contribution in [2.24, 2.45) is 0 Å². The van der Waals surface area contributed by atoms with Gasteiger partial charge in [-0.3, -0.25) is 0 Å². The Balaban J connectivity index is 1.71. The lowest BCUT2D eigenvalue weighted by atomic mass is 10.1. The SMILES string of the molecule is Cc1ccc(CNc2cnnc(Nc3c(C)cccc3C)n2)cc1. The third-order valence-electron chi connectivity index (χ3n) is 3.87. The molecule has 0 radical (unpaired) electrons. The summed E-state index contributed by atoms with van der Waals surface area (Å²) in [6.07, 6.45) is 1.63. The maximum absolute atomic E-state index is 4.49. The average molecular weight is 319 g/mol. The second-order valence-corrected chi connectivity index (χ2v) is 5.90. The molecule has 24 heavy (non-hydrogen) atoms. The number of nitrogens with zero attached hydrogens (tertiary/aromatic N) is 3. The van der Waals surface area contributed by atoms with Crippen LogP contribution in [0.1, 0.15) is 22.3 Å². The standard InChI is InChI=1S/C19H21N5/c1-13-7-9-16(10-8-13)11-20-17-12-21-24-19(22-17)23-18-14(2)5-4-6-15(18)3/h4-10,12H,11H2,1-3H3,(H2,20,22,23,24). The summed E-state index contributed by atoms with van der Waals surface area (Å²) >= 11 is 0. The number of aromatic nitrogens is 3. The highest BCUT2D eigenvalue weighted by molar-refractivity contribution is 5.63. The van der Waals surface area contributed by atoms with Crippen LogP contribution in [0.3, 0.4) is 0 Å². The van der Waals surface area contributed by atoms with Crippen molar-refractivity contribution in [3.05, 3.63) is 70.9 Å². The first-order chi connectivity index (χ1) is 11.6. The Morgan fingerprint density at radius 3 is 2.33 bits per heavy atom. The van der Waals surface area contributed by atoms with Crippen molar-refractivity contribution in [2.75, 3.05) is 10.6 Å². The van der Waals surface area contributed by atoms with Gasteiger partial charge in [0.25, 0.3) is 0 Å². The van der Waals surface area contributed by atoms with Crippen molar-refractivity contribution in [1.82, 2.24) is 15.2 Å². The van der Waals surface area contributed by atoms with E-state index in [0.717, 1.165) is 16.8 Å². The molecule has 0 aliphatic rings. The summed E-state index contributed by atoms with van der Waals surface area (Å²) < 4.78 is 0. The van der Waals surface area contributed by atoms with Crippen molar-refractivity contribution in [1.29, 1.82) is 0 Å². The minimum Gasteiger partial charge on any atom is -0.365 e. The minimum atomic E-state index is 0.487. The Morgan fingerprint density at radius 1 is 0.917 bits per heavy atom. The number of rotatable bonds is 5. The molecule has 0 saturated carbocycles. The normalized spacial score (nSPS) is 10.5. The first-order valence-electron chi connectivity index (χ1n) is 7.94. The molecule has 0 fully saturated rings. The molecule has 5 heteroatoms. The molecule has 0 unspecified atom stereocenters. The maximum atomic E-state index is 4.49. The molecule has 0 spiro atoms. The Labute approximate surface area is 142 Å². The molecule has 0 atom stereocenters. The number of hydrogen-bond acceptors (Lipinski definition) is 5. The molecular formula is C19H21N5. The zero-order valence-corrected chi connectivity index (χ0v) is 14.2. The Morgan fingerprint density at radius 2 is 1.62 bits per heavy atom. The minimum absolute atomic E-state index is 0.487. The molecule has 0 aliphatic heterocycles. The zero-order chi connectivity index (χ0) is 16.9. The van der Waals surface area contributed by atoms with E-state index in [4.69, 9.17) is 0 Å². The van der Waals surface area contributed by atoms with Crippen LogP contribution < -0.4 is 10.6 Å². The van der Waals surface area contributed by atoms with Gasteiger partial charge in [0.05, 0.1) is 6.20 Å². The van der Waals surface area contributed by atoms with Crippen LogP contribution in [-0.2, 0) is 6.54 Å². The molecule has 1 heterocycles. The molecule has 122 valence electrons. The number of hydrogen-bond donors (Lipinski definition) is 2. The predicted molar refractivity (Wildman–Crippen MR) is 97.5 cm³/mol. The lowest BCUT2D eigenvalue weighted by molar-refractivity contribution is 0.964. The van der Waals surface area contributed by atoms with E-state index in [1.54, 1.807) is 6.20 Å². The fourth-order valence-electron chi connectivity index (χ4n) is 2.46. The van der Waals surface area contributed by atoms with E-state index in [-0.39, 0.29) is 0 Å². The van der Waals surface area contributed by atoms with Crippen molar-refractivity contribution in [2.45, 2.75) is 27.3 Å². The molecule has 1 aromatic heterocycles. The molecule has 0 bridgehead atoms. The van der Waals surface area contributed by atoms with E-state index in [9.17, 15) is 0 Å². The monoisotopic (exact) mass is 319 g/mol. The Hall–Kier alpha value is -2.95. The van der Waals surface area contributed by atoms with E-state index < -0.39 is 0 Å². The Bertz CT molecular complexity index is 807. The van der Waals surface area contributed by atoms with E-state index in [2.05, 4.69) is 83.0 Å². The fourth-order valence-corrected chi connectivity index (χ4v) is 2.46. The van der Waals surface area contributed by atoms with Crippen molar-refractivity contribution in [3.8, 4) is 0 Å². The molecule has 0 amide bonds. The summed E-state index contributed by atoms with van der Waals surface area (Å²) in [7, 11) is 0. The molecule has 2 N–H and O–H groups in total. The van der Waals surface area contributed by atoms with Crippen LogP contribution in [0, 0.1) is 20.8 Å². The Kier molecular flexibility index (Phi) is 4.70. The second kappa shape index (κ2) is 7.08. The van der Waals surface area contributed by atoms with Gasteiger partial charge < -0.3 is 10.6 Å². The van der Waals surface area contributed by atoms with Gasteiger partial charge in [-0.15, -0.1) is 5.10 Å². The van der Waals surface area contributed by atoms with Gasteiger partial charge in [-0.25, -0.2) is 0 Å². The van der Waals surface area contributed by atoms with E-state index in [0.29, 0.717) is 18.3 Å². The van der Waals surface area contributed by atoms with Crippen LogP contribution in [0.5, 0.6) is 0 Å². The number of para-hydroxylation sites is 1. The lowest BCUT2D eigenvalue weighted by Gasteiger charge is -2.11. The first kappa shape index (κ1) is 15.9. The van der Waals surface area contributed by atoms with Crippen LogP contribution in [0.25, 0.3) is 0 Å². The smallest absolute Gasteiger partial charge is 0.249 e. The van der Waals surface area contributed by atoms with Gasteiger partial charge in [-0.05, 0) is 37.5 Å². The number of anilines is 3. The predicted octanol–water partition coefficient (Wildman–Crippen LogP) is 4.15. The van der Waals surface area contributed by atoms with Gasteiger partial charge in [-0.1, -0.05) is 48.0 Å². The lowest BCUT2D eigenvalue weighted by Crippen LogP contribution is -2.06. The number of nitrogens with one attached hydrogen (secondary N) is 2. The summed E-state index contributed by atoms with van der Waals surface area (Å²) in [5.74, 6) is 1.18. The summed E-state index contributed by atoms with van der Waals surface area (Å²) in [6.45, 7) is 6.89. The van der Waals surface area contributed by atoms with E-state index >= 15 is 0 Å².